The number of rotatable bonds is 6. The summed E-state index contributed by atoms with van der Waals surface area (Å²) in [4.78, 5) is 2.00. The van der Waals surface area contributed by atoms with Crippen molar-refractivity contribution in [2.75, 3.05) is 13.1 Å². The van der Waals surface area contributed by atoms with Gasteiger partial charge in [0.05, 0.1) is 11.3 Å². The van der Waals surface area contributed by atoms with E-state index in [0.717, 1.165) is 24.3 Å². The molecule has 164 valence electrons. The molecule has 2 aromatic rings. The molecule has 0 saturated carbocycles. The summed E-state index contributed by atoms with van der Waals surface area (Å²) < 4.78 is 92.1. The number of benzene rings is 2. The first kappa shape index (κ1) is 22.6. The van der Waals surface area contributed by atoms with Gasteiger partial charge >= 0.3 is 6.18 Å². The fourth-order valence-corrected chi connectivity index (χ4v) is 4.90. The number of nitrogens with one attached hydrogen (secondary N) is 1. The van der Waals surface area contributed by atoms with E-state index in [1.165, 1.54) is 18.2 Å². The molecule has 0 atom stereocenters. The number of piperidine rings is 1. The van der Waals surface area contributed by atoms with Crippen LogP contribution in [0.4, 0.5) is 22.0 Å². The van der Waals surface area contributed by atoms with E-state index in [1.807, 2.05) is 4.90 Å². The highest BCUT2D eigenvalue weighted by Gasteiger charge is 2.31. The minimum Gasteiger partial charge on any atom is -0.299 e. The largest absolute Gasteiger partial charge is 0.416 e. The number of nitrogens with zero attached hydrogens (tertiary/aromatic N) is 1. The summed E-state index contributed by atoms with van der Waals surface area (Å²) >= 11 is 0. The van der Waals surface area contributed by atoms with Crippen molar-refractivity contribution < 1.29 is 30.4 Å². The van der Waals surface area contributed by atoms with Gasteiger partial charge in [-0.2, -0.15) is 13.2 Å². The van der Waals surface area contributed by atoms with Gasteiger partial charge in [0.1, 0.15) is 0 Å². The van der Waals surface area contributed by atoms with Crippen molar-refractivity contribution in [2.45, 2.75) is 37.4 Å². The molecule has 1 heterocycles. The summed E-state index contributed by atoms with van der Waals surface area (Å²) in [5, 5.41) is 0. The lowest BCUT2D eigenvalue weighted by Crippen LogP contribution is -2.44. The lowest BCUT2D eigenvalue weighted by atomic mass is 10.1. The highest BCUT2D eigenvalue weighted by Crippen LogP contribution is 2.30. The Morgan fingerprint density at radius 1 is 0.967 bits per heavy atom. The monoisotopic (exact) mass is 448 g/mol. The third-order valence-electron chi connectivity index (χ3n) is 4.93. The van der Waals surface area contributed by atoms with E-state index in [4.69, 9.17) is 0 Å². The van der Waals surface area contributed by atoms with Crippen molar-refractivity contribution in [3.8, 4) is 0 Å². The second kappa shape index (κ2) is 8.99. The first-order valence-corrected chi connectivity index (χ1v) is 11.0. The minimum absolute atomic E-state index is 0.0631. The van der Waals surface area contributed by atoms with Crippen LogP contribution in [-0.2, 0) is 28.5 Å². The highest BCUT2D eigenvalue weighted by molar-refractivity contribution is 7.88. The summed E-state index contributed by atoms with van der Waals surface area (Å²) in [6.45, 7) is 1.52. The normalized spacial score (nSPS) is 16.7. The standard InChI is InChI=1S/C20H21F5N2O2S/c21-18-5-4-14(11-19(18)22)12-27-8-6-17(7-9-27)26-30(28,29)13-15-2-1-3-16(10-15)20(23,24)25/h1-5,10-11,17,26H,6-9,12-13H2. The van der Waals surface area contributed by atoms with Gasteiger partial charge in [-0.05, 0) is 42.2 Å². The molecule has 0 radical (unpaired) electrons. The molecular formula is C20H21F5N2O2S. The quantitative estimate of drug-likeness (QED) is 0.678. The maximum atomic E-state index is 13.3. The van der Waals surface area contributed by atoms with Gasteiger partial charge in [0.25, 0.3) is 0 Å². The molecule has 30 heavy (non-hydrogen) atoms. The van der Waals surface area contributed by atoms with Gasteiger partial charge in [0, 0.05) is 25.7 Å². The van der Waals surface area contributed by atoms with E-state index in [2.05, 4.69) is 4.72 Å². The summed E-state index contributed by atoms with van der Waals surface area (Å²) in [7, 11) is -3.81. The van der Waals surface area contributed by atoms with Crippen molar-refractivity contribution in [1.29, 1.82) is 0 Å². The van der Waals surface area contributed by atoms with E-state index in [1.54, 1.807) is 0 Å². The average Bonchev–Trinajstić information content (AvgIpc) is 2.65. The molecule has 0 amide bonds. The first-order valence-electron chi connectivity index (χ1n) is 9.34. The molecule has 10 heteroatoms. The van der Waals surface area contributed by atoms with Gasteiger partial charge < -0.3 is 0 Å². The van der Waals surface area contributed by atoms with Crippen molar-refractivity contribution in [1.82, 2.24) is 9.62 Å². The third-order valence-corrected chi connectivity index (χ3v) is 6.34. The molecule has 1 aliphatic rings. The van der Waals surface area contributed by atoms with Crippen LogP contribution in [0.1, 0.15) is 29.5 Å². The number of likely N-dealkylation sites (tertiary alicyclic amines) is 1. The average molecular weight is 448 g/mol. The molecule has 0 aromatic heterocycles. The number of hydrogen-bond donors (Lipinski definition) is 1. The highest BCUT2D eigenvalue weighted by atomic mass is 32.2. The zero-order chi connectivity index (χ0) is 21.9. The molecule has 1 N–H and O–H groups in total. The fraction of sp³-hybridized carbons (Fsp3) is 0.400. The van der Waals surface area contributed by atoms with E-state index >= 15 is 0 Å². The summed E-state index contributed by atoms with van der Waals surface area (Å²) in [6.07, 6.45) is -3.52. The second-order valence-corrected chi connectivity index (χ2v) is 9.13. The fourth-order valence-electron chi connectivity index (χ4n) is 3.46. The van der Waals surface area contributed by atoms with Crippen LogP contribution in [0.2, 0.25) is 0 Å². The van der Waals surface area contributed by atoms with Crippen molar-refractivity contribution in [2.24, 2.45) is 0 Å². The number of halogens is 5. The Balaban J connectivity index is 1.53. The van der Waals surface area contributed by atoms with Gasteiger partial charge in [-0.25, -0.2) is 21.9 Å². The lowest BCUT2D eigenvalue weighted by Gasteiger charge is -2.32. The van der Waals surface area contributed by atoms with Crippen LogP contribution >= 0.6 is 0 Å². The van der Waals surface area contributed by atoms with Crippen molar-refractivity contribution >= 4 is 10.0 Å². The molecule has 0 aliphatic carbocycles. The third kappa shape index (κ3) is 6.23. The minimum atomic E-state index is -4.53. The molecule has 0 bridgehead atoms. The molecule has 1 aliphatic heterocycles. The molecule has 0 spiro atoms. The summed E-state index contributed by atoms with van der Waals surface area (Å²) in [5.74, 6) is -2.36. The Morgan fingerprint density at radius 2 is 1.67 bits per heavy atom. The first-order chi connectivity index (χ1) is 14.0. The number of hydrogen-bond acceptors (Lipinski definition) is 3. The molecule has 1 fully saturated rings. The van der Waals surface area contributed by atoms with Crippen LogP contribution in [-0.4, -0.2) is 32.4 Å². The molecule has 1 saturated heterocycles. The maximum absolute atomic E-state index is 13.3. The van der Waals surface area contributed by atoms with E-state index in [0.29, 0.717) is 38.0 Å². The van der Waals surface area contributed by atoms with Crippen molar-refractivity contribution in [3.63, 3.8) is 0 Å². The van der Waals surface area contributed by atoms with Crippen LogP contribution < -0.4 is 4.72 Å². The van der Waals surface area contributed by atoms with E-state index in [9.17, 15) is 30.4 Å². The van der Waals surface area contributed by atoms with Crippen LogP contribution in [0, 0.1) is 11.6 Å². The second-order valence-electron chi connectivity index (χ2n) is 7.37. The van der Waals surface area contributed by atoms with E-state index < -0.39 is 39.2 Å². The van der Waals surface area contributed by atoms with Gasteiger partial charge in [0.2, 0.25) is 10.0 Å². The topological polar surface area (TPSA) is 49.4 Å². The zero-order valence-corrected chi connectivity index (χ0v) is 16.7. The van der Waals surface area contributed by atoms with Gasteiger partial charge in [-0.1, -0.05) is 24.3 Å². The smallest absolute Gasteiger partial charge is 0.299 e. The van der Waals surface area contributed by atoms with Gasteiger partial charge in [-0.15, -0.1) is 0 Å². The van der Waals surface area contributed by atoms with Crippen LogP contribution in [0.5, 0.6) is 0 Å². The SMILES string of the molecule is O=S(=O)(Cc1cccc(C(F)(F)F)c1)NC1CCN(Cc2ccc(F)c(F)c2)CC1. The van der Waals surface area contributed by atoms with Gasteiger partial charge in [0.15, 0.2) is 11.6 Å². The Kier molecular flexibility index (Phi) is 6.78. The molecule has 4 nitrogen and oxygen atoms in total. The number of sulfonamides is 1. The predicted molar refractivity (Wildman–Crippen MR) is 102 cm³/mol. The molecule has 3 rings (SSSR count). The van der Waals surface area contributed by atoms with Crippen molar-refractivity contribution in [3.05, 3.63) is 70.8 Å². The predicted octanol–water partition coefficient (Wildman–Crippen LogP) is 4.07. The lowest BCUT2D eigenvalue weighted by molar-refractivity contribution is -0.137. The molecule has 0 unspecified atom stereocenters. The van der Waals surface area contributed by atoms with E-state index in [-0.39, 0.29) is 11.6 Å². The zero-order valence-electron chi connectivity index (χ0n) is 15.9. The van der Waals surface area contributed by atoms with Gasteiger partial charge in [-0.3, -0.25) is 4.90 Å². The Labute approximate surface area is 171 Å². The summed E-state index contributed by atoms with van der Waals surface area (Å²) in [6, 6.07) is 7.64. The Morgan fingerprint density at radius 3 is 2.30 bits per heavy atom. The number of alkyl halides is 3. The van der Waals surface area contributed by atoms with Crippen LogP contribution in [0.25, 0.3) is 0 Å². The Hall–Kier alpha value is -2.04. The molecule has 2 aromatic carbocycles. The molecular weight excluding hydrogens is 427 g/mol. The summed E-state index contributed by atoms with van der Waals surface area (Å²) in [5.41, 5.74) is -0.202. The van der Waals surface area contributed by atoms with Crippen LogP contribution in [0.15, 0.2) is 42.5 Å². The Bertz CT molecular complexity index is 987. The maximum Gasteiger partial charge on any atom is 0.416 e. The van der Waals surface area contributed by atoms with Crippen LogP contribution in [0.3, 0.4) is 0 Å².